The van der Waals surface area contributed by atoms with Crippen molar-refractivity contribution >= 4 is 17.9 Å². The molecule has 5 heteroatoms. The van der Waals surface area contributed by atoms with Crippen molar-refractivity contribution in [3.8, 4) is 11.5 Å². The first-order valence-corrected chi connectivity index (χ1v) is 8.38. The average Bonchev–Trinajstić information content (AvgIpc) is 3.00. The van der Waals surface area contributed by atoms with Crippen molar-refractivity contribution in [1.82, 2.24) is 0 Å². The summed E-state index contributed by atoms with van der Waals surface area (Å²) in [5.74, 6) is 1.64. The number of hydrogen-bond acceptors (Lipinski definition) is 5. The van der Waals surface area contributed by atoms with E-state index >= 15 is 0 Å². The Morgan fingerprint density at radius 3 is 2.65 bits per heavy atom. The molecule has 0 bridgehead atoms. The van der Waals surface area contributed by atoms with Crippen molar-refractivity contribution in [2.24, 2.45) is 4.99 Å². The predicted octanol–water partition coefficient (Wildman–Crippen LogP) is 3.94. The highest BCUT2D eigenvalue weighted by Gasteiger charge is 2.22. The molecule has 1 heterocycles. The molecule has 3 rings (SSSR count). The first-order valence-electron chi connectivity index (χ1n) is 8.38. The first kappa shape index (κ1) is 17.7. The topological polar surface area (TPSA) is 57.1 Å². The van der Waals surface area contributed by atoms with Crippen LogP contribution in [0.2, 0.25) is 0 Å². The number of carbonyl (C=O) groups excluding carboxylic acids is 1. The first-order chi connectivity index (χ1) is 12.6. The number of aryl methyl sites for hydroxylation is 2. The normalized spacial score (nSPS) is 15.0. The molecule has 26 heavy (non-hydrogen) atoms. The molecule has 1 aliphatic heterocycles. The van der Waals surface area contributed by atoms with Gasteiger partial charge in [-0.05, 0) is 60.4 Å². The number of carbonyl (C=O) groups is 1. The molecule has 134 valence electrons. The summed E-state index contributed by atoms with van der Waals surface area (Å²) >= 11 is 0. The number of rotatable bonds is 6. The molecule has 0 aliphatic carbocycles. The molecule has 0 amide bonds. The largest absolute Gasteiger partial charge is 0.497 e. The quantitative estimate of drug-likeness (QED) is 0.584. The molecule has 0 unspecified atom stereocenters. The molecule has 0 saturated heterocycles. The molecule has 0 fully saturated rings. The van der Waals surface area contributed by atoms with Crippen LogP contribution in [0, 0.1) is 6.92 Å². The lowest BCUT2D eigenvalue weighted by atomic mass is 10.1. The van der Waals surface area contributed by atoms with E-state index in [2.05, 4.69) is 4.99 Å². The molecule has 2 aromatic carbocycles. The fourth-order valence-corrected chi connectivity index (χ4v) is 2.79. The zero-order valence-corrected chi connectivity index (χ0v) is 15.1. The molecule has 0 radical (unpaired) electrons. The zero-order chi connectivity index (χ0) is 18.5. The van der Waals surface area contributed by atoms with Crippen LogP contribution in [0.1, 0.15) is 23.1 Å². The second-order valence-corrected chi connectivity index (χ2v) is 6.01. The zero-order valence-electron chi connectivity index (χ0n) is 15.1. The number of benzene rings is 2. The van der Waals surface area contributed by atoms with Gasteiger partial charge in [0.2, 0.25) is 0 Å². The molecule has 0 aromatic heterocycles. The Labute approximate surface area is 152 Å². The van der Waals surface area contributed by atoms with Crippen molar-refractivity contribution in [3.63, 3.8) is 0 Å². The minimum absolute atomic E-state index is 0.315. The third-order valence-electron chi connectivity index (χ3n) is 4.15. The van der Waals surface area contributed by atoms with Crippen molar-refractivity contribution in [1.29, 1.82) is 0 Å². The van der Waals surface area contributed by atoms with E-state index in [4.69, 9.17) is 14.2 Å². The number of ether oxygens (including phenoxy) is 3. The molecular weight excluding hydrogens is 330 g/mol. The standard InChI is InChI=1S/C21H21NO4/c1-14-11-16(7-9-19(14)25-3)13-18-21(23)26-20(22-18)10-8-15-5-4-6-17(12-15)24-2/h4-7,9,11-13H,8,10H2,1-3H3/b18-13+. The van der Waals surface area contributed by atoms with E-state index in [0.717, 1.165) is 34.6 Å². The second-order valence-electron chi connectivity index (χ2n) is 6.01. The van der Waals surface area contributed by atoms with Crippen molar-refractivity contribution in [3.05, 3.63) is 64.9 Å². The molecule has 2 aromatic rings. The SMILES string of the molecule is COc1cccc(CCC2=N/C(=C/c3ccc(OC)c(C)c3)C(=O)O2)c1. The van der Waals surface area contributed by atoms with Crippen LogP contribution in [0.5, 0.6) is 11.5 Å². The molecule has 0 atom stereocenters. The van der Waals surface area contributed by atoms with Gasteiger partial charge in [0, 0.05) is 6.42 Å². The van der Waals surface area contributed by atoms with Crippen LogP contribution >= 0.6 is 0 Å². The van der Waals surface area contributed by atoms with Crippen LogP contribution in [0.15, 0.2) is 53.2 Å². The molecule has 0 spiro atoms. The van der Waals surface area contributed by atoms with Crippen LogP contribution < -0.4 is 9.47 Å². The van der Waals surface area contributed by atoms with Gasteiger partial charge in [0.1, 0.15) is 11.5 Å². The molecule has 0 N–H and O–H groups in total. The lowest BCUT2D eigenvalue weighted by molar-refractivity contribution is -0.130. The highest BCUT2D eigenvalue weighted by atomic mass is 16.6. The summed E-state index contributed by atoms with van der Waals surface area (Å²) in [4.78, 5) is 16.4. The maximum absolute atomic E-state index is 12.1. The number of methoxy groups -OCH3 is 2. The Balaban J connectivity index is 1.71. The molecule has 5 nitrogen and oxygen atoms in total. The van der Waals surface area contributed by atoms with Gasteiger partial charge in [-0.1, -0.05) is 18.2 Å². The minimum Gasteiger partial charge on any atom is -0.497 e. The molecule has 0 saturated carbocycles. The van der Waals surface area contributed by atoms with Crippen molar-refractivity contribution in [2.75, 3.05) is 14.2 Å². The molecule has 1 aliphatic rings. The van der Waals surface area contributed by atoms with E-state index in [9.17, 15) is 4.79 Å². The summed E-state index contributed by atoms with van der Waals surface area (Å²) in [7, 11) is 3.27. The summed E-state index contributed by atoms with van der Waals surface area (Å²) in [6, 6.07) is 13.5. The highest BCUT2D eigenvalue weighted by molar-refractivity contribution is 6.07. The fraction of sp³-hybridized carbons (Fsp3) is 0.238. The van der Waals surface area contributed by atoms with E-state index in [0.29, 0.717) is 18.0 Å². The van der Waals surface area contributed by atoms with Gasteiger partial charge in [-0.25, -0.2) is 9.79 Å². The van der Waals surface area contributed by atoms with E-state index < -0.39 is 5.97 Å². The number of hydrogen-bond donors (Lipinski definition) is 0. The van der Waals surface area contributed by atoms with E-state index in [1.807, 2.05) is 49.4 Å². The van der Waals surface area contributed by atoms with Crippen LogP contribution in [0.25, 0.3) is 6.08 Å². The Morgan fingerprint density at radius 1 is 1.08 bits per heavy atom. The van der Waals surface area contributed by atoms with E-state index in [1.165, 1.54) is 0 Å². The highest BCUT2D eigenvalue weighted by Crippen LogP contribution is 2.23. The summed E-state index contributed by atoms with van der Waals surface area (Å²) in [6.45, 7) is 1.96. The lowest BCUT2D eigenvalue weighted by Gasteiger charge is -2.04. The van der Waals surface area contributed by atoms with E-state index in [1.54, 1.807) is 20.3 Å². The Kier molecular flexibility index (Phi) is 5.37. The number of esters is 1. The number of nitrogens with zero attached hydrogens (tertiary/aromatic N) is 1. The lowest BCUT2D eigenvalue weighted by Crippen LogP contribution is -2.05. The van der Waals surface area contributed by atoms with Gasteiger partial charge < -0.3 is 14.2 Å². The fourth-order valence-electron chi connectivity index (χ4n) is 2.79. The third kappa shape index (κ3) is 4.11. The van der Waals surface area contributed by atoms with Crippen LogP contribution in [-0.2, 0) is 16.0 Å². The van der Waals surface area contributed by atoms with Gasteiger partial charge in [-0.15, -0.1) is 0 Å². The summed E-state index contributed by atoms with van der Waals surface area (Å²) < 4.78 is 15.8. The second kappa shape index (κ2) is 7.87. The molecular formula is C21H21NO4. The van der Waals surface area contributed by atoms with Crippen LogP contribution in [0.4, 0.5) is 0 Å². The predicted molar refractivity (Wildman–Crippen MR) is 101 cm³/mol. The maximum Gasteiger partial charge on any atom is 0.363 e. The number of cyclic esters (lactones) is 1. The monoisotopic (exact) mass is 351 g/mol. The van der Waals surface area contributed by atoms with E-state index in [-0.39, 0.29) is 0 Å². The van der Waals surface area contributed by atoms with Crippen LogP contribution in [0.3, 0.4) is 0 Å². The summed E-state index contributed by atoms with van der Waals surface area (Å²) in [6.07, 6.45) is 3.00. The minimum atomic E-state index is -0.417. The maximum atomic E-state index is 12.1. The average molecular weight is 351 g/mol. The van der Waals surface area contributed by atoms with Gasteiger partial charge in [0.15, 0.2) is 11.6 Å². The summed E-state index contributed by atoms with van der Waals surface area (Å²) in [5.41, 5.74) is 3.30. The van der Waals surface area contributed by atoms with Crippen molar-refractivity contribution in [2.45, 2.75) is 19.8 Å². The van der Waals surface area contributed by atoms with Gasteiger partial charge in [0.25, 0.3) is 0 Å². The Hall–Kier alpha value is -3.08. The van der Waals surface area contributed by atoms with Crippen molar-refractivity contribution < 1.29 is 19.0 Å². The van der Waals surface area contributed by atoms with Gasteiger partial charge in [0.05, 0.1) is 14.2 Å². The number of aliphatic imine (C=N–C) groups is 1. The summed E-state index contributed by atoms with van der Waals surface area (Å²) in [5, 5.41) is 0. The smallest absolute Gasteiger partial charge is 0.363 e. The van der Waals surface area contributed by atoms with Gasteiger partial charge in [-0.2, -0.15) is 0 Å². The van der Waals surface area contributed by atoms with Gasteiger partial charge in [-0.3, -0.25) is 0 Å². The van der Waals surface area contributed by atoms with Crippen LogP contribution in [-0.4, -0.2) is 26.1 Å². The third-order valence-corrected chi connectivity index (χ3v) is 4.15. The Morgan fingerprint density at radius 2 is 1.92 bits per heavy atom. The Bertz CT molecular complexity index is 883. The van der Waals surface area contributed by atoms with Gasteiger partial charge >= 0.3 is 5.97 Å².